The highest BCUT2D eigenvalue weighted by molar-refractivity contribution is 7.92. The molecule has 0 bridgehead atoms. The van der Waals surface area contributed by atoms with Crippen LogP contribution in [-0.2, 0) is 16.2 Å². The molecule has 1 fully saturated rings. The lowest BCUT2D eigenvalue weighted by Crippen LogP contribution is -2.39. The lowest BCUT2D eigenvalue weighted by atomic mass is 9.95. The number of nitrogens with zero attached hydrogens (tertiary/aromatic N) is 3. The number of anilines is 1. The molecule has 1 unspecified atom stereocenters. The van der Waals surface area contributed by atoms with Gasteiger partial charge in [0.2, 0.25) is 0 Å². The minimum absolute atomic E-state index is 0.103. The molecule has 1 aliphatic heterocycles. The van der Waals surface area contributed by atoms with Gasteiger partial charge in [0.05, 0.1) is 28.4 Å². The third-order valence-corrected chi connectivity index (χ3v) is 7.10. The van der Waals surface area contributed by atoms with Crippen LogP contribution in [0.3, 0.4) is 0 Å². The van der Waals surface area contributed by atoms with Crippen LogP contribution in [0.25, 0.3) is 11.3 Å². The first-order chi connectivity index (χ1) is 13.8. The fourth-order valence-electron chi connectivity index (χ4n) is 3.81. The van der Waals surface area contributed by atoms with Crippen LogP contribution in [0.15, 0.2) is 53.7 Å². The van der Waals surface area contributed by atoms with Crippen molar-refractivity contribution in [1.29, 1.82) is 0 Å². The van der Waals surface area contributed by atoms with E-state index in [9.17, 15) is 21.6 Å². The van der Waals surface area contributed by atoms with Gasteiger partial charge in [-0.1, -0.05) is 0 Å². The Kier molecular flexibility index (Phi) is 3.79. The topological polar surface area (TPSA) is 79.0 Å². The molecule has 0 saturated heterocycles. The second-order valence-electron chi connectivity index (χ2n) is 7.18. The molecule has 150 valence electrons. The summed E-state index contributed by atoms with van der Waals surface area (Å²) in [5.41, 5.74) is 1.17. The number of hydrogen-bond donors (Lipinski definition) is 1. The first-order valence-electron chi connectivity index (χ1n) is 8.99. The highest BCUT2D eigenvalue weighted by Crippen LogP contribution is 2.54. The smallest absolute Gasteiger partial charge is 0.277 e. The van der Waals surface area contributed by atoms with Crippen molar-refractivity contribution in [3.05, 3.63) is 59.9 Å². The Morgan fingerprint density at radius 2 is 1.83 bits per heavy atom. The molecule has 1 N–H and O–H groups in total. The zero-order valence-corrected chi connectivity index (χ0v) is 15.7. The van der Waals surface area contributed by atoms with Gasteiger partial charge >= 0.3 is 6.18 Å². The van der Waals surface area contributed by atoms with Crippen LogP contribution in [0, 0.1) is 5.92 Å². The van der Waals surface area contributed by atoms with Crippen LogP contribution in [0.5, 0.6) is 0 Å². The summed E-state index contributed by atoms with van der Waals surface area (Å²) in [5.74, 6) is 0.353. The van der Waals surface area contributed by atoms with Gasteiger partial charge in [-0.05, 0) is 55.2 Å². The number of aromatic nitrogens is 3. The normalized spacial score (nSPS) is 19.0. The molecule has 3 heterocycles. The molecule has 0 radical (unpaired) electrons. The van der Waals surface area contributed by atoms with Gasteiger partial charge in [-0.25, -0.2) is 17.7 Å². The highest BCUT2D eigenvalue weighted by atomic mass is 32.2. The number of sulfonamides is 1. The molecule has 3 aromatic rings. The van der Waals surface area contributed by atoms with Crippen molar-refractivity contribution in [1.82, 2.24) is 15.2 Å². The number of halogens is 3. The summed E-state index contributed by atoms with van der Waals surface area (Å²) in [6.45, 7) is 0. The van der Waals surface area contributed by atoms with Gasteiger partial charge in [0.15, 0.2) is 5.82 Å². The number of pyridine rings is 1. The molecular weight excluding hydrogens is 405 g/mol. The van der Waals surface area contributed by atoms with E-state index in [1.807, 2.05) is 0 Å². The van der Waals surface area contributed by atoms with Crippen molar-refractivity contribution in [2.45, 2.75) is 30.0 Å². The quantitative estimate of drug-likeness (QED) is 0.690. The fraction of sp³-hybridized carbons (Fsp3) is 0.263. The average molecular weight is 420 g/mol. The monoisotopic (exact) mass is 420 g/mol. The van der Waals surface area contributed by atoms with Crippen molar-refractivity contribution in [3.63, 3.8) is 0 Å². The van der Waals surface area contributed by atoms with E-state index in [-0.39, 0.29) is 16.6 Å². The van der Waals surface area contributed by atoms with E-state index in [4.69, 9.17) is 0 Å². The zero-order chi connectivity index (χ0) is 20.4. The van der Waals surface area contributed by atoms with E-state index >= 15 is 0 Å². The van der Waals surface area contributed by atoms with E-state index in [1.54, 1.807) is 18.3 Å². The predicted octanol–water partition coefficient (Wildman–Crippen LogP) is 4.15. The van der Waals surface area contributed by atoms with Gasteiger partial charge in [-0.2, -0.15) is 18.3 Å². The Morgan fingerprint density at radius 3 is 2.48 bits per heavy atom. The number of hydrogen-bond acceptors (Lipinski definition) is 4. The lowest BCUT2D eigenvalue weighted by Gasteiger charge is -2.36. The van der Waals surface area contributed by atoms with Crippen LogP contribution in [-0.4, -0.2) is 23.6 Å². The minimum atomic E-state index is -4.54. The summed E-state index contributed by atoms with van der Waals surface area (Å²) in [6, 6.07) is 6.50. The maximum atomic E-state index is 13.6. The number of nitrogens with one attached hydrogen (secondary N) is 1. The molecule has 0 spiro atoms. The van der Waals surface area contributed by atoms with Gasteiger partial charge in [-0.3, -0.25) is 5.10 Å². The summed E-state index contributed by atoms with van der Waals surface area (Å²) in [4.78, 5) is 4.10. The molecule has 1 saturated carbocycles. The first kappa shape index (κ1) is 18.2. The largest absolute Gasteiger partial charge is 0.416 e. The van der Waals surface area contributed by atoms with E-state index in [2.05, 4.69) is 15.2 Å². The highest BCUT2D eigenvalue weighted by Gasteiger charge is 2.48. The number of rotatable bonds is 3. The standard InChI is InChI=1S/C19H15F3N4O2S/c20-19(21,22)12-5-7-13(8-6-12)29(27,28)26-17(11-3-4-11)15-10-24-25-16(15)14-2-1-9-23-18(14)26/h1-2,5-11,17H,3-4H2,(H,24,25). The van der Waals surface area contributed by atoms with Crippen molar-refractivity contribution in [2.24, 2.45) is 5.92 Å². The maximum Gasteiger partial charge on any atom is 0.416 e. The summed E-state index contributed by atoms with van der Waals surface area (Å²) in [5, 5.41) is 7.02. The molecule has 2 aromatic heterocycles. The van der Waals surface area contributed by atoms with Gasteiger partial charge in [0, 0.05) is 17.3 Å². The van der Waals surface area contributed by atoms with Crippen LogP contribution >= 0.6 is 0 Å². The van der Waals surface area contributed by atoms with Crippen LogP contribution in [0.4, 0.5) is 19.0 Å². The Morgan fingerprint density at radius 1 is 1.10 bits per heavy atom. The maximum absolute atomic E-state index is 13.6. The average Bonchev–Trinajstić information content (AvgIpc) is 3.41. The van der Waals surface area contributed by atoms with Gasteiger partial charge in [0.25, 0.3) is 10.0 Å². The van der Waals surface area contributed by atoms with E-state index in [0.29, 0.717) is 5.56 Å². The van der Waals surface area contributed by atoms with Gasteiger partial charge in [-0.15, -0.1) is 0 Å². The molecule has 0 amide bonds. The SMILES string of the molecule is O=S(=O)(c1ccc(C(F)(F)F)cc1)N1c2ncccc2-c2[nH]ncc2C1C1CC1. The number of aromatic amines is 1. The molecular formula is C19H15F3N4O2S. The number of benzene rings is 1. The van der Waals surface area contributed by atoms with E-state index in [0.717, 1.165) is 48.4 Å². The van der Waals surface area contributed by atoms with E-state index < -0.39 is 27.8 Å². The van der Waals surface area contributed by atoms with Crippen molar-refractivity contribution in [3.8, 4) is 11.3 Å². The molecule has 1 aromatic carbocycles. The summed E-state index contributed by atoms with van der Waals surface area (Å²) in [7, 11) is -4.15. The van der Waals surface area contributed by atoms with E-state index in [1.165, 1.54) is 10.5 Å². The lowest BCUT2D eigenvalue weighted by molar-refractivity contribution is -0.137. The molecule has 1 aliphatic carbocycles. The third-order valence-electron chi connectivity index (χ3n) is 5.31. The number of alkyl halides is 3. The molecule has 1 atom stereocenters. The fourth-order valence-corrected chi connectivity index (χ4v) is 5.48. The first-order valence-corrected chi connectivity index (χ1v) is 10.4. The molecule has 6 nitrogen and oxygen atoms in total. The van der Waals surface area contributed by atoms with Gasteiger partial charge < -0.3 is 0 Å². The Hall–Kier alpha value is -2.88. The zero-order valence-electron chi connectivity index (χ0n) is 14.9. The molecule has 29 heavy (non-hydrogen) atoms. The van der Waals surface area contributed by atoms with Crippen LogP contribution < -0.4 is 4.31 Å². The summed E-state index contributed by atoms with van der Waals surface area (Å²) >= 11 is 0. The Bertz CT molecular complexity index is 1180. The second-order valence-corrected chi connectivity index (χ2v) is 9.00. The van der Waals surface area contributed by atoms with Crippen molar-refractivity contribution < 1.29 is 21.6 Å². The number of fused-ring (bicyclic) bond motifs is 3. The molecule has 2 aliphatic rings. The van der Waals surface area contributed by atoms with Gasteiger partial charge in [0.1, 0.15) is 0 Å². The summed E-state index contributed by atoms with van der Waals surface area (Å²) < 4.78 is 67.0. The molecule has 10 heteroatoms. The Balaban J connectivity index is 1.67. The Labute approximate surface area is 164 Å². The minimum Gasteiger partial charge on any atom is -0.277 e. The second kappa shape index (κ2) is 6.06. The predicted molar refractivity (Wildman–Crippen MR) is 98.4 cm³/mol. The van der Waals surface area contributed by atoms with Crippen molar-refractivity contribution >= 4 is 15.8 Å². The third kappa shape index (κ3) is 2.81. The van der Waals surface area contributed by atoms with Crippen LogP contribution in [0.1, 0.15) is 30.0 Å². The van der Waals surface area contributed by atoms with Crippen molar-refractivity contribution in [2.75, 3.05) is 4.31 Å². The number of H-pyrrole nitrogens is 1. The van der Waals surface area contributed by atoms with Crippen LogP contribution in [0.2, 0.25) is 0 Å². The summed E-state index contributed by atoms with van der Waals surface area (Å²) in [6.07, 6.45) is 0.291. The molecule has 5 rings (SSSR count).